The summed E-state index contributed by atoms with van der Waals surface area (Å²) in [7, 11) is 0. The molecule has 1 aromatic rings. The second kappa shape index (κ2) is 9.04. The molecule has 4 nitrogen and oxygen atoms in total. The predicted octanol–water partition coefficient (Wildman–Crippen LogP) is 2.59. The summed E-state index contributed by atoms with van der Waals surface area (Å²) in [4.78, 5) is 15.0. The maximum atomic E-state index is 12.6. The van der Waals surface area contributed by atoms with Gasteiger partial charge < -0.3 is 15.3 Å². The highest BCUT2D eigenvalue weighted by Gasteiger charge is 2.29. The van der Waals surface area contributed by atoms with Crippen molar-refractivity contribution in [1.82, 2.24) is 10.2 Å². The van der Waals surface area contributed by atoms with E-state index >= 15 is 0 Å². The van der Waals surface area contributed by atoms with Crippen molar-refractivity contribution in [3.8, 4) is 0 Å². The Morgan fingerprint density at radius 1 is 1.35 bits per heavy atom. The molecule has 0 bridgehead atoms. The van der Waals surface area contributed by atoms with E-state index in [9.17, 15) is 4.79 Å². The molecule has 0 radical (unpaired) electrons. The minimum Gasteiger partial charge on any atom is -0.396 e. The highest BCUT2D eigenvalue weighted by atomic mass is 16.3. The fourth-order valence-corrected chi connectivity index (χ4v) is 3.32. The summed E-state index contributed by atoms with van der Waals surface area (Å²) in [5.74, 6) is 0.885. The van der Waals surface area contributed by atoms with Crippen LogP contribution in [-0.4, -0.2) is 42.2 Å². The summed E-state index contributed by atoms with van der Waals surface area (Å²) in [5, 5.41) is 12.3. The van der Waals surface area contributed by atoms with Crippen LogP contribution < -0.4 is 5.32 Å². The molecule has 2 rings (SSSR count). The Balaban J connectivity index is 1.93. The lowest BCUT2D eigenvalue weighted by Gasteiger charge is -2.22. The first-order valence-corrected chi connectivity index (χ1v) is 8.78. The number of nitrogens with one attached hydrogen (secondary N) is 1. The number of carbonyl (C=O) groups is 1. The number of nitrogens with zero attached hydrogens (tertiary/aromatic N) is 1. The van der Waals surface area contributed by atoms with Crippen LogP contribution in [0.2, 0.25) is 0 Å². The number of hydrogen-bond acceptors (Lipinski definition) is 3. The highest BCUT2D eigenvalue weighted by molar-refractivity contribution is 5.79. The second-order valence-electron chi connectivity index (χ2n) is 6.98. The van der Waals surface area contributed by atoms with Gasteiger partial charge in [-0.2, -0.15) is 0 Å². The Morgan fingerprint density at radius 3 is 2.74 bits per heavy atom. The Bertz CT molecular complexity index is 476. The van der Waals surface area contributed by atoms with Crippen molar-refractivity contribution in [1.29, 1.82) is 0 Å². The Kier molecular flexibility index (Phi) is 7.06. The molecule has 1 amide bonds. The second-order valence-corrected chi connectivity index (χ2v) is 6.98. The van der Waals surface area contributed by atoms with Gasteiger partial charge in [-0.3, -0.25) is 4.79 Å². The van der Waals surface area contributed by atoms with Gasteiger partial charge in [-0.25, -0.2) is 0 Å². The number of rotatable bonds is 8. The molecule has 4 heteroatoms. The van der Waals surface area contributed by atoms with Crippen molar-refractivity contribution in [2.75, 3.05) is 26.2 Å². The first kappa shape index (κ1) is 18.0. The van der Waals surface area contributed by atoms with E-state index in [1.165, 1.54) is 0 Å². The predicted molar refractivity (Wildman–Crippen MR) is 93.0 cm³/mol. The van der Waals surface area contributed by atoms with Crippen LogP contribution in [0.1, 0.15) is 44.7 Å². The van der Waals surface area contributed by atoms with Crippen molar-refractivity contribution in [2.24, 2.45) is 11.8 Å². The molecule has 0 spiro atoms. The molecule has 2 N–H and O–H groups in total. The number of aliphatic hydroxyl groups excluding tert-OH is 1. The first-order valence-electron chi connectivity index (χ1n) is 8.78. The van der Waals surface area contributed by atoms with E-state index in [2.05, 4.69) is 24.1 Å². The normalized spacial score (nSPS) is 19.9. The zero-order chi connectivity index (χ0) is 16.7. The van der Waals surface area contributed by atoms with Gasteiger partial charge in [0.15, 0.2) is 0 Å². The summed E-state index contributed by atoms with van der Waals surface area (Å²) in [6, 6.07) is 10.1. The summed E-state index contributed by atoms with van der Waals surface area (Å²) in [5.41, 5.74) is 1.12. The zero-order valence-electron chi connectivity index (χ0n) is 14.4. The van der Waals surface area contributed by atoms with Crippen LogP contribution >= 0.6 is 0 Å². The zero-order valence-corrected chi connectivity index (χ0v) is 14.4. The van der Waals surface area contributed by atoms with E-state index in [1.54, 1.807) is 0 Å². The molecule has 2 unspecified atom stereocenters. The number of benzene rings is 1. The minimum absolute atomic E-state index is 0.00463. The fraction of sp³-hybridized carbons (Fsp3) is 0.632. The lowest BCUT2D eigenvalue weighted by atomic mass is 10.0. The number of aliphatic hydroxyl groups is 1. The van der Waals surface area contributed by atoms with Crippen LogP contribution in [0.25, 0.3) is 0 Å². The molecule has 1 aliphatic heterocycles. The Hall–Kier alpha value is -1.39. The molecule has 1 fully saturated rings. The monoisotopic (exact) mass is 318 g/mol. The summed E-state index contributed by atoms with van der Waals surface area (Å²) in [6.07, 6.45) is 2.42. The third-order valence-electron chi connectivity index (χ3n) is 4.44. The van der Waals surface area contributed by atoms with Gasteiger partial charge >= 0.3 is 0 Å². The summed E-state index contributed by atoms with van der Waals surface area (Å²) < 4.78 is 0. The van der Waals surface area contributed by atoms with Gasteiger partial charge in [0.2, 0.25) is 5.91 Å². The molecule has 1 heterocycles. The standard InChI is InChI=1S/C19H30N2O2/c1-15(2)13-21-11-10-17(14-21)19(23)20-18(9-6-12-22)16-7-4-3-5-8-16/h3-5,7-8,15,17-18,22H,6,9-14H2,1-2H3,(H,20,23). The quantitative estimate of drug-likeness (QED) is 0.774. The van der Waals surface area contributed by atoms with Crippen LogP contribution in [0.4, 0.5) is 0 Å². The van der Waals surface area contributed by atoms with Gasteiger partial charge in [0, 0.05) is 19.7 Å². The molecule has 1 aliphatic rings. The third-order valence-corrected chi connectivity index (χ3v) is 4.44. The Labute approximate surface area is 139 Å². The van der Waals surface area contributed by atoms with E-state index in [0.717, 1.165) is 38.0 Å². The molecule has 1 saturated heterocycles. The van der Waals surface area contributed by atoms with Crippen molar-refractivity contribution in [2.45, 2.75) is 39.2 Å². The summed E-state index contributed by atoms with van der Waals surface area (Å²) >= 11 is 0. The highest BCUT2D eigenvalue weighted by Crippen LogP contribution is 2.22. The molecule has 1 aromatic carbocycles. The Morgan fingerprint density at radius 2 is 2.09 bits per heavy atom. The van der Waals surface area contributed by atoms with Gasteiger partial charge in [-0.05, 0) is 37.3 Å². The van der Waals surface area contributed by atoms with Crippen molar-refractivity contribution < 1.29 is 9.90 Å². The molecular weight excluding hydrogens is 288 g/mol. The van der Waals surface area contributed by atoms with Crippen LogP contribution in [-0.2, 0) is 4.79 Å². The maximum Gasteiger partial charge on any atom is 0.224 e. The topological polar surface area (TPSA) is 52.6 Å². The number of amides is 1. The molecule has 23 heavy (non-hydrogen) atoms. The molecule has 0 aliphatic carbocycles. The van der Waals surface area contributed by atoms with E-state index in [4.69, 9.17) is 5.11 Å². The van der Waals surface area contributed by atoms with E-state index in [0.29, 0.717) is 12.3 Å². The average Bonchev–Trinajstić information content (AvgIpc) is 3.00. The SMILES string of the molecule is CC(C)CN1CCC(C(=O)NC(CCCO)c2ccccc2)C1. The van der Waals surface area contributed by atoms with Crippen molar-refractivity contribution in [3.05, 3.63) is 35.9 Å². The van der Waals surface area contributed by atoms with Gasteiger partial charge in [0.25, 0.3) is 0 Å². The average molecular weight is 318 g/mol. The van der Waals surface area contributed by atoms with E-state index in [-0.39, 0.29) is 24.5 Å². The summed E-state index contributed by atoms with van der Waals surface area (Å²) in [6.45, 7) is 7.54. The smallest absolute Gasteiger partial charge is 0.224 e. The lowest BCUT2D eigenvalue weighted by molar-refractivity contribution is -0.125. The molecular formula is C19H30N2O2. The van der Waals surface area contributed by atoms with Crippen LogP contribution in [0, 0.1) is 11.8 Å². The fourth-order valence-electron chi connectivity index (χ4n) is 3.32. The number of likely N-dealkylation sites (tertiary alicyclic amines) is 1. The first-order chi connectivity index (χ1) is 11.1. The van der Waals surface area contributed by atoms with Gasteiger partial charge in [0.05, 0.1) is 12.0 Å². The molecule has 128 valence electrons. The number of carbonyl (C=O) groups excluding carboxylic acids is 1. The lowest BCUT2D eigenvalue weighted by Crippen LogP contribution is -2.36. The van der Waals surface area contributed by atoms with E-state index in [1.807, 2.05) is 30.3 Å². The molecule has 0 saturated carbocycles. The van der Waals surface area contributed by atoms with Gasteiger partial charge in [-0.1, -0.05) is 44.2 Å². The number of hydrogen-bond donors (Lipinski definition) is 2. The van der Waals surface area contributed by atoms with Crippen molar-refractivity contribution in [3.63, 3.8) is 0 Å². The van der Waals surface area contributed by atoms with Gasteiger partial charge in [0.1, 0.15) is 0 Å². The minimum atomic E-state index is -0.00463. The van der Waals surface area contributed by atoms with E-state index < -0.39 is 0 Å². The van der Waals surface area contributed by atoms with Crippen LogP contribution in [0.15, 0.2) is 30.3 Å². The largest absolute Gasteiger partial charge is 0.396 e. The molecule has 0 aromatic heterocycles. The van der Waals surface area contributed by atoms with Crippen LogP contribution in [0.5, 0.6) is 0 Å². The van der Waals surface area contributed by atoms with Crippen molar-refractivity contribution >= 4 is 5.91 Å². The van der Waals surface area contributed by atoms with Crippen LogP contribution in [0.3, 0.4) is 0 Å². The maximum absolute atomic E-state index is 12.6. The van der Waals surface area contributed by atoms with Gasteiger partial charge in [-0.15, -0.1) is 0 Å². The molecule has 2 atom stereocenters. The third kappa shape index (κ3) is 5.63.